The number of anilines is 3. The van der Waals surface area contributed by atoms with Gasteiger partial charge in [-0.1, -0.05) is 6.07 Å². The van der Waals surface area contributed by atoms with Crippen LogP contribution in [-0.2, 0) is 4.74 Å². The molecule has 8 nitrogen and oxygen atoms in total. The number of amides is 2. The molecule has 2 aromatic rings. The molecule has 1 unspecified atom stereocenters. The van der Waals surface area contributed by atoms with Gasteiger partial charge in [0.2, 0.25) is 0 Å². The lowest BCUT2D eigenvalue weighted by atomic mass is 10.00. The van der Waals surface area contributed by atoms with Crippen molar-refractivity contribution < 1.29 is 41.0 Å². The van der Waals surface area contributed by atoms with Gasteiger partial charge in [-0.2, -0.15) is 26.3 Å². The number of rotatable bonds is 7. The number of nitrogens with one attached hydrogen (secondary N) is 2. The molecule has 2 aliphatic rings. The number of hydrogen-bond acceptors (Lipinski definition) is 6. The first-order valence-corrected chi connectivity index (χ1v) is 12.8. The fourth-order valence-electron chi connectivity index (χ4n) is 4.83. The molecular weight excluding hydrogens is 544 g/mol. The zero-order valence-electron chi connectivity index (χ0n) is 21.8. The largest absolute Gasteiger partial charge is 0.410 e. The van der Waals surface area contributed by atoms with Gasteiger partial charge >= 0.3 is 18.4 Å². The van der Waals surface area contributed by atoms with Crippen molar-refractivity contribution in [1.29, 1.82) is 0 Å². The van der Waals surface area contributed by atoms with E-state index in [0.29, 0.717) is 48.9 Å². The second kappa shape index (κ2) is 12.1. The van der Waals surface area contributed by atoms with Crippen LogP contribution in [0.4, 0.5) is 48.5 Å². The predicted molar refractivity (Wildman–Crippen MR) is 137 cm³/mol. The Morgan fingerprint density at radius 2 is 1.85 bits per heavy atom. The quantitative estimate of drug-likeness (QED) is 0.401. The number of halogens is 6. The molecule has 2 atom stereocenters. The standard InChI is InChI=1S/C26H31F6N5O3/c1-16-2-3-19(33-24(39)37-5-4-17(14-37)13-25(27,28)29)12-20(16)18-10-22(34-21(15-38)26(30,31)32)35-23(11-18)36-6-8-40-9-7-36/h2-3,10-12,17,21,38H,4-9,13-15H2,1H3,(H,33,39)(H,34,35)/t17?,21-/m0/s1. The SMILES string of the molecule is Cc1ccc(NC(=O)N2CCC(CC(F)(F)F)C2)cc1-c1cc(N[C@@H](CO)C(F)(F)F)nc(N2CCOCC2)c1. The monoisotopic (exact) mass is 575 g/mol. The number of aryl methyl sites for hydroxylation is 1. The molecule has 0 bridgehead atoms. The number of carbonyl (C=O) groups is 1. The van der Waals surface area contributed by atoms with Crippen molar-refractivity contribution in [3.05, 3.63) is 35.9 Å². The number of pyridine rings is 1. The lowest BCUT2D eigenvalue weighted by molar-refractivity contribution is -0.149. The fourth-order valence-corrected chi connectivity index (χ4v) is 4.83. The van der Waals surface area contributed by atoms with Crippen LogP contribution in [0.3, 0.4) is 0 Å². The third kappa shape index (κ3) is 7.68. The van der Waals surface area contributed by atoms with Gasteiger partial charge in [-0.3, -0.25) is 0 Å². The van der Waals surface area contributed by atoms with E-state index in [0.717, 1.165) is 5.56 Å². The van der Waals surface area contributed by atoms with Crippen LogP contribution in [0.2, 0.25) is 0 Å². The van der Waals surface area contributed by atoms with E-state index in [1.54, 1.807) is 31.2 Å². The number of carbonyl (C=O) groups excluding carboxylic acids is 1. The van der Waals surface area contributed by atoms with Crippen LogP contribution < -0.4 is 15.5 Å². The maximum Gasteiger partial charge on any atom is 0.410 e. The Labute approximate surface area is 227 Å². The van der Waals surface area contributed by atoms with Crippen molar-refractivity contribution in [1.82, 2.24) is 9.88 Å². The number of hydrogen-bond donors (Lipinski definition) is 3. The molecule has 0 radical (unpaired) electrons. The summed E-state index contributed by atoms with van der Waals surface area (Å²) in [7, 11) is 0. The molecule has 0 aliphatic carbocycles. The predicted octanol–water partition coefficient (Wildman–Crippen LogP) is 5.03. The first kappa shape index (κ1) is 29.7. The maximum atomic E-state index is 13.4. The molecule has 0 saturated carbocycles. The number of nitrogens with zero attached hydrogens (tertiary/aromatic N) is 3. The Bertz CT molecular complexity index is 1190. The second-order valence-electron chi connectivity index (χ2n) is 10.00. The Balaban J connectivity index is 1.59. The van der Waals surface area contributed by atoms with Gasteiger partial charge in [0.05, 0.1) is 19.8 Å². The third-order valence-corrected chi connectivity index (χ3v) is 6.94. The molecule has 3 heterocycles. The summed E-state index contributed by atoms with van der Waals surface area (Å²) in [6.45, 7) is 2.66. The van der Waals surface area contributed by atoms with Crippen molar-refractivity contribution in [3.63, 3.8) is 0 Å². The highest BCUT2D eigenvalue weighted by Gasteiger charge is 2.40. The summed E-state index contributed by atoms with van der Waals surface area (Å²) in [6, 6.07) is 5.46. The molecule has 2 aliphatic heterocycles. The van der Waals surface area contributed by atoms with Crippen LogP contribution in [-0.4, -0.2) is 85.4 Å². The first-order valence-electron chi connectivity index (χ1n) is 12.8. The second-order valence-corrected chi connectivity index (χ2v) is 10.00. The molecule has 2 fully saturated rings. The van der Waals surface area contributed by atoms with E-state index in [-0.39, 0.29) is 25.3 Å². The van der Waals surface area contributed by atoms with Gasteiger partial charge in [0.15, 0.2) is 0 Å². The minimum Gasteiger partial charge on any atom is -0.394 e. The maximum absolute atomic E-state index is 13.4. The Hall–Kier alpha value is -3.26. The lowest BCUT2D eigenvalue weighted by Crippen LogP contribution is -2.40. The minimum absolute atomic E-state index is 0.00240. The number of aliphatic hydroxyl groups excluding tert-OH is 1. The minimum atomic E-state index is -4.71. The molecule has 1 aromatic carbocycles. The number of morpholine rings is 1. The topological polar surface area (TPSA) is 90.0 Å². The molecule has 0 spiro atoms. The first-order chi connectivity index (χ1) is 18.8. The van der Waals surface area contributed by atoms with Gasteiger partial charge in [-0.15, -0.1) is 0 Å². The molecule has 220 valence electrons. The van der Waals surface area contributed by atoms with E-state index in [1.807, 2.05) is 4.90 Å². The third-order valence-electron chi connectivity index (χ3n) is 6.94. The van der Waals surface area contributed by atoms with Gasteiger partial charge < -0.3 is 30.3 Å². The summed E-state index contributed by atoms with van der Waals surface area (Å²) >= 11 is 0. The zero-order valence-corrected chi connectivity index (χ0v) is 21.8. The van der Waals surface area contributed by atoms with Gasteiger partial charge in [0, 0.05) is 38.3 Å². The van der Waals surface area contributed by atoms with Crippen molar-refractivity contribution in [2.24, 2.45) is 5.92 Å². The highest BCUT2D eigenvalue weighted by molar-refractivity contribution is 5.91. The van der Waals surface area contributed by atoms with Crippen molar-refractivity contribution >= 4 is 23.4 Å². The van der Waals surface area contributed by atoms with E-state index in [9.17, 15) is 36.2 Å². The lowest BCUT2D eigenvalue weighted by Gasteiger charge is -2.29. The molecular formula is C26H31F6N5O3. The van der Waals surface area contributed by atoms with E-state index in [1.165, 1.54) is 11.0 Å². The highest BCUT2D eigenvalue weighted by Crippen LogP contribution is 2.34. The van der Waals surface area contributed by atoms with E-state index < -0.39 is 43.4 Å². The molecule has 3 N–H and O–H groups in total. The van der Waals surface area contributed by atoms with Gasteiger partial charge in [-0.05, 0) is 60.2 Å². The molecule has 40 heavy (non-hydrogen) atoms. The van der Waals surface area contributed by atoms with Gasteiger partial charge in [0.1, 0.15) is 17.7 Å². The molecule has 1 aromatic heterocycles. The molecule has 2 saturated heterocycles. The number of urea groups is 1. The summed E-state index contributed by atoms with van der Waals surface area (Å²) < 4.78 is 83.7. The number of likely N-dealkylation sites (tertiary alicyclic amines) is 1. The average Bonchev–Trinajstić information content (AvgIpc) is 3.35. The number of aliphatic hydroxyl groups is 1. The number of ether oxygens (including phenoxy) is 1. The van der Waals surface area contributed by atoms with E-state index in [4.69, 9.17) is 4.74 Å². The summed E-state index contributed by atoms with van der Waals surface area (Å²) in [4.78, 5) is 20.4. The Morgan fingerprint density at radius 3 is 2.50 bits per heavy atom. The normalized spacial score (nSPS) is 19.1. The number of alkyl halides is 6. The van der Waals surface area contributed by atoms with Crippen molar-refractivity contribution in [3.8, 4) is 11.1 Å². The van der Waals surface area contributed by atoms with Crippen molar-refractivity contribution in [2.45, 2.75) is 38.2 Å². The van der Waals surface area contributed by atoms with Crippen LogP contribution in [0.15, 0.2) is 30.3 Å². The van der Waals surface area contributed by atoms with Crippen LogP contribution in [0.1, 0.15) is 18.4 Å². The van der Waals surface area contributed by atoms with Crippen molar-refractivity contribution in [2.75, 3.05) is 61.5 Å². The summed E-state index contributed by atoms with van der Waals surface area (Å²) in [5.41, 5.74) is 2.29. The van der Waals surface area contributed by atoms with Crippen LogP contribution in [0.5, 0.6) is 0 Å². The smallest absolute Gasteiger partial charge is 0.394 e. The molecule has 4 rings (SSSR count). The summed E-state index contributed by atoms with van der Waals surface area (Å²) in [5.74, 6) is -0.319. The molecule has 14 heteroatoms. The van der Waals surface area contributed by atoms with Gasteiger partial charge in [-0.25, -0.2) is 9.78 Å². The van der Waals surface area contributed by atoms with E-state index in [2.05, 4.69) is 15.6 Å². The number of aromatic nitrogens is 1. The summed E-state index contributed by atoms with van der Waals surface area (Å²) in [6.07, 6.45) is -9.68. The molecule has 2 amide bonds. The number of benzene rings is 1. The Kier molecular flexibility index (Phi) is 8.98. The van der Waals surface area contributed by atoms with Crippen LogP contribution in [0.25, 0.3) is 11.1 Å². The van der Waals surface area contributed by atoms with Gasteiger partial charge in [0.25, 0.3) is 0 Å². The average molecular weight is 576 g/mol. The fraction of sp³-hybridized carbons (Fsp3) is 0.538. The van der Waals surface area contributed by atoms with Crippen LogP contribution >= 0.6 is 0 Å². The summed E-state index contributed by atoms with van der Waals surface area (Å²) in [5, 5.41) is 14.3. The Morgan fingerprint density at radius 1 is 1.12 bits per heavy atom. The van der Waals surface area contributed by atoms with Crippen LogP contribution in [0, 0.1) is 12.8 Å². The zero-order chi connectivity index (χ0) is 29.1. The highest BCUT2D eigenvalue weighted by atomic mass is 19.4. The van der Waals surface area contributed by atoms with E-state index >= 15 is 0 Å².